The Morgan fingerprint density at radius 1 is 1.53 bits per heavy atom. The van der Waals surface area contributed by atoms with Gasteiger partial charge in [0.15, 0.2) is 0 Å². The molecule has 1 aromatic rings. The molecule has 1 saturated heterocycles. The number of nitrogen functional groups attached to an aromatic ring is 1. The van der Waals surface area contributed by atoms with E-state index < -0.39 is 6.10 Å². The lowest BCUT2D eigenvalue weighted by Gasteiger charge is -2.16. The molecular weight excluding hydrogens is 188 g/mol. The van der Waals surface area contributed by atoms with Crippen LogP contribution in [-0.4, -0.2) is 17.7 Å². The Bertz CT molecular complexity index is 321. The van der Waals surface area contributed by atoms with Crippen LogP contribution in [-0.2, 0) is 0 Å². The lowest BCUT2D eigenvalue weighted by Crippen LogP contribution is -2.23. The lowest BCUT2D eigenvalue weighted by molar-refractivity contribution is 0.154. The van der Waals surface area contributed by atoms with Crippen molar-refractivity contribution in [1.29, 1.82) is 0 Å². The quantitative estimate of drug-likeness (QED) is 0.656. The second-order valence-corrected chi connectivity index (χ2v) is 4.21. The minimum Gasteiger partial charge on any atom is -0.399 e. The molecule has 0 radical (unpaired) electrons. The Morgan fingerprint density at radius 2 is 2.40 bits per heavy atom. The molecule has 0 saturated carbocycles. The molecule has 82 valence electrons. The third kappa shape index (κ3) is 2.70. The summed E-state index contributed by atoms with van der Waals surface area (Å²) >= 11 is 0. The van der Waals surface area contributed by atoms with Crippen LogP contribution < -0.4 is 11.1 Å². The van der Waals surface area contributed by atoms with Crippen LogP contribution in [0, 0.1) is 0 Å². The number of benzene rings is 1. The van der Waals surface area contributed by atoms with Crippen molar-refractivity contribution in [1.82, 2.24) is 5.32 Å². The first-order valence-electron chi connectivity index (χ1n) is 5.52. The molecule has 2 atom stereocenters. The van der Waals surface area contributed by atoms with E-state index in [1.807, 2.05) is 24.3 Å². The van der Waals surface area contributed by atoms with Gasteiger partial charge in [-0.25, -0.2) is 0 Å². The van der Waals surface area contributed by atoms with Crippen molar-refractivity contribution in [3.8, 4) is 0 Å². The first-order chi connectivity index (χ1) is 7.25. The molecule has 0 amide bonds. The number of aliphatic hydroxyl groups is 1. The Kier molecular flexibility index (Phi) is 3.23. The molecular formula is C12H18N2O. The maximum absolute atomic E-state index is 10.0. The summed E-state index contributed by atoms with van der Waals surface area (Å²) in [5, 5.41) is 13.4. The number of hydrogen-bond acceptors (Lipinski definition) is 3. The van der Waals surface area contributed by atoms with Crippen molar-refractivity contribution in [2.45, 2.75) is 31.4 Å². The number of rotatable bonds is 3. The van der Waals surface area contributed by atoms with E-state index in [0.717, 1.165) is 18.5 Å². The molecule has 4 N–H and O–H groups in total. The molecule has 0 aromatic heterocycles. The van der Waals surface area contributed by atoms with Gasteiger partial charge in [-0.1, -0.05) is 12.1 Å². The average Bonchev–Trinajstić information content (AvgIpc) is 2.70. The summed E-state index contributed by atoms with van der Waals surface area (Å²) in [6.07, 6.45) is 2.76. The van der Waals surface area contributed by atoms with Crippen molar-refractivity contribution in [3.63, 3.8) is 0 Å². The van der Waals surface area contributed by atoms with Gasteiger partial charge in [0, 0.05) is 11.7 Å². The highest BCUT2D eigenvalue weighted by atomic mass is 16.3. The van der Waals surface area contributed by atoms with E-state index in [2.05, 4.69) is 5.32 Å². The second kappa shape index (κ2) is 4.64. The van der Waals surface area contributed by atoms with Gasteiger partial charge in [0.2, 0.25) is 0 Å². The van der Waals surface area contributed by atoms with E-state index in [4.69, 9.17) is 5.73 Å². The predicted molar refractivity (Wildman–Crippen MR) is 61.5 cm³/mol. The van der Waals surface area contributed by atoms with Gasteiger partial charge in [-0.05, 0) is 43.5 Å². The zero-order valence-electron chi connectivity index (χ0n) is 8.82. The van der Waals surface area contributed by atoms with Gasteiger partial charge in [-0.3, -0.25) is 0 Å². The highest BCUT2D eigenvalue weighted by Gasteiger charge is 2.18. The van der Waals surface area contributed by atoms with Crippen molar-refractivity contribution < 1.29 is 5.11 Å². The van der Waals surface area contributed by atoms with Crippen molar-refractivity contribution in [2.24, 2.45) is 0 Å². The van der Waals surface area contributed by atoms with Crippen molar-refractivity contribution in [3.05, 3.63) is 29.8 Å². The summed E-state index contributed by atoms with van der Waals surface area (Å²) in [5.74, 6) is 0. The fraction of sp³-hybridized carbons (Fsp3) is 0.500. The number of anilines is 1. The number of nitrogens with two attached hydrogens (primary N) is 1. The second-order valence-electron chi connectivity index (χ2n) is 4.21. The molecule has 0 spiro atoms. The summed E-state index contributed by atoms with van der Waals surface area (Å²) in [6, 6.07) is 7.96. The summed E-state index contributed by atoms with van der Waals surface area (Å²) in [4.78, 5) is 0. The third-order valence-electron chi connectivity index (χ3n) is 2.97. The van der Waals surface area contributed by atoms with Crippen LogP contribution in [0.3, 0.4) is 0 Å². The van der Waals surface area contributed by atoms with E-state index >= 15 is 0 Å². The smallest absolute Gasteiger partial charge is 0.0805 e. The van der Waals surface area contributed by atoms with E-state index in [1.54, 1.807) is 0 Å². The van der Waals surface area contributed by atoms with Gasteiger partial charge in [0.05, 0.1) is 6.10 Å². The normalized spacial score (nSPS) is 22.9. The maximum Gasteiger partial charge on any atom is 0.0805 e. The Morgan fingerprint density at radius 3 is 3.07 bits per heavy atom. The van der Waals surface area contributed by atoms with Gasteiger partial charge >= 0.3 is 0 Å². The Labute approximate surface area is 90.3 Å². The van der Waals surface area contributed by atoms with Crippen LogP contribution in [0.15, 0.2) is 24.3 Å². The molecule has 0 bridgehead atoms. The monoisotopic (exact) mass is 206 g/mol. The van der Waals surface area contributed by atoms with Crippen LogP contribution >= 0.6 is 0 Å². The molecule has 15 heavy (non-hydrogen) atoms. The average molecular weight is 206 g/mol. The number of hydrogen-bond donors (Lipinski definition) is 3. The molecule has 2 rings (SSSR count). The van der Waals surface area contributed by atoms with E-state index in [1.165, 1.54) is 12.8 Å². The van der Waals surface area contributed by atoms with E-state index in [0.29, 0.717) is 11.7 Å². The molecule has 2 unspecified atom stereocenters. The number of nitrogens with one attached hydrogen (secondary N) is 1. The fourth-order valence-electron chi connectivity index (χ4n) is 2.13. The molecule has 1 aliphatic rings. The van der Waals surface area contributed by atoms with Gasteiger partial charge in [-0.15, -0.1) is 0 Å². The zero-order chi connectivity index (χ0) is 10.7. The highest BCUT2D eigenvalue weighted by molar-refractivity contribution is 5.41. The van der Waals surface area contributed by atoms with Crippen LogP contribution in [0.5, 0.6) is 0 Å². The van der Waals surface area contributed by atoms with Crippen LogP contribution in [0.1, 0.15) is 30.9 Å². The fourth-order valence-corrected chi connectivity index (χ4v) is 2.13. The predicted octanol–water partition coefficient (Wildman–Crippen LogP) is 1.44. The van der Waals surface area contributed by atoms with Gasteiger partial charge < -0.3 is 16.2 Å². The summed E-state index contributed by atoms with van der Waals surface area (Å²) in [7, 11) is 0. The standard InChI is InChI=1S/C12H18N2O/c13-10-4-1-3-9(7-10)12(15)8-11-5-2-6-14-11/h1,3-4,7,11-12,14-15H,2,5-6,8,13H2. The Balaban J connectivity index is 1.97. The van der Waals surface area contributed by atoms with Gasteiger partial charge in [0.1, 0.15) is 0 Å². The largest absolute Gasteiger partial charge is 0.399 e. The molecule has 3 nitrogen and oxygen atoms in total. The maximum atomic E-state index is 10.0. The van der Waals surface area contributed by atoms with Crippen molar-refractivity contribution in [2.75, 3.05) is 12.3 Å². The van der Waals surface area contributed by atoms with Crippen LogP contribution in [0.4, 0.5) is 5.69 Å². The molecule has 1 aliphatic heterocycles. The summed E-state index contributed by atoms with van der Waals surface area (Å²) in [5.41, 5.74) is 7.31. The minimum atomic E-state index is -0.399. The van der Waals surface area contributed by atoms with Crippen molar-refractivity contribution >= 4 is 5.69 Å². The summed E-state index contributed by atoms with van der Waals surface area (Å²) < 4.78 is 0. The number of aliphatic hydroxyl groups excluding tert-OH is 1. The minimum absolute atomic E-state index is 0.399. The highest BCUT2D eigenvalue weighted by Crippen LogP contribution is 2.23. The molecule has 1 heterocycles. The molecule has 1 fully saturated rings. The Hall–Kier alpha value is -1.06. The lowest BCUT2D eigenvalue weighted by atomic mass is 10.0. The first kappa shape index (κ1) is 10.5. The summed E-state index contributed by atoms with van der Waals surface area (Å²) in [6.45, 7) is 1.08. The third-order valence-corrected chi connectivity index (χ3v) is 2.97. The molecule has 1 aromatic carbocycles. The van der Waals surface area contributed by atoms with Gasteiger partial charge in [-0.2, -0.15) is 0 Å². The topological polar surface area (TPSA) is 58.3 Å². The van der Waals surface area contributed by atoms with E-state index in [-0.39, 0.29) is 0 Å². The SMILES string of the molecule is Nc1cccc(C(O)CC2CCCN2)c1. The molecule has 0 aliphatic carbocycles. The van der Waals surface area contributed by atoms with Crippen LogP contribution in [0.25, 0.3) is 0 Å². The zero-order valence-corrected chi connectivity index (χ0v) is 8.82. The van der Waals surface area contributed by atoms with Crippen LogP contribution in [0.2, 0.25) is 0 Å². The van der Waals surface area contributed by atoms with Gasteiger partial charge in [0.25, 0.3) is 0 Å². The molecule has 3 heteroatoms. The first-order valence-corrected chi connectivity index (χ1v) is 5.52. The van der Waals surface area contributed by atoms with E-state index in [9.17, 15) is 5.11 Å².